The first-order valence-electron chi connectivity index (χ1n) is 16.2. The third-order valence-electron chi connectivity index (χ3n) is 5.73. The zero-order valence-electron chi connectivity index (χ0n) is 32.4. The number of hydrogen-bond donors (Lipinski definition) is 6. The Morgan fingerprint density at radius 3 is 0.375 bits per heavy atom. The normalized spacial score (nSPS) is 12.9. The van der Waals surface area contributed by atoms with Crippen molar-refractivity contribution in [2.24, 2.45) is 0 Å². The molecule has 0 unspecified atom stereocenters. The van der Waals surface area contributed by atoms with Gasteiger partial charge in [-0.05, 0) is 125 Å². The van der Waals surface area contributed by atoms with Gasteiger partial charge in [-0.1, -0.05) is 0 Å². The summed E-state index contributed by atoms with van der Waals surface area (Å²) in [5.41, 5.74) is -1.47. The second-order valence-corrected chi connectivity index (χ2v) is 18.5. The highest BCUT2D eigenvalue weighted by atomic mass is 16.2. The maximum atomic E-state index is 11.4. The molecule has 0 radical (unpaired) electrons. The van der Waals surface area contributed by atoms with E-state index in [0.717, 1.165) is 0 Å². The standard InChI is InChI=1S/3C12H20N2O2/c3*1-11(2,3)13-7-8(10(16)9(7)15)14-12(4,5)6/h3*13-14H,1-6H3. The van der Waals surface area contributed by atoms with Crippen LogP contribution in [0.15, 0.2) is 28.8 Å². The molecule has 3 aromatic rings. The molecule has 0 bridgehead atoms. The van der Waals surface area contributed by atoms with E-state index < -0.39 is 32.6 Å². The van der Waals surface area contributed by atoms with Crippen LogP contribution in [0.1, 0.15) is 125 Å². The van der Waals surface area contributed by atoms with E-state index in [1.165, 1.54) is 0 Å². The molecule has 0 atom stereocenters. The second-order valence-electron chi connectivity index (χ2n) is 18.5. The Morgan fingerprint density at radius 1 is 0.229 bits per heavy atom. The topological polar surface area (TPSA) is 175 Å². The van der Waals surface area contributed by atoms with Crippen molar-refractivity contribution in [2.45, 2.75) is 158 Å². The molecule has 3 rings (SSSR count). The monoisotopic (exact) mass is 672 g/mol. The molecule has 0 amide bonds. The summed E-state index contributed by atoms with van der Waals surface area (Å²) in [4.78, 5) is 68.6. The summed E-state index contributed by atoms with van der Waals surface area (Å²) in [5, 5.41) is 18.3. The first-order valence-corrected chi connectivity index (χ1v) is 16.2. The van der Waals surface area contributed by atoms with Gasteiger partial charge in [0, 0.05) is 33.2 Å². The highest BCUT2D eigenvalue weighted by Gasteiger charge is 2.29. The number of hydrogen-bond acceptors (Lipinski definition) is 12. The molecule has 270 valence electrons. The SMILES string of the molecule is CC(C)(C)Nc1c(NC(C)(C)C)c(=O)c1=O.CC(C)(C)Nc1c(NC(C)(C)C)c(=O)c1=O.CC(C)(C)Nc1c(NC(C)(C)C)c(=O)c1=O. The Hall–Kier alpha value is -3.96. The third kappa shape index (κ3) is 12.9. The molecule has 0 aliphatic rings. The van der Waals surface area contributed by atoms with Gasteiger partial charge in [-0.2, -0.15) is 0 Å². The predicted octanol–water partition coefficient (Wildman–Crippen LogP) is 5.11. The van der Waals surface area contributed by atoms with Crippen molar-refractivity contribution in [2.75, 3.05) is 31.9 Å². The summed E-state index contributed by atoms with van der Waals surface area (Å²) in [5.74, 6) is 0. The van der Waals surface area contributed by atoms with Crippen LogP contribution in [0.2, 0.25) is 0 Å². The van der Waals surface area contributed by atoms with Gasteiger partial charge in [-0.15, -0.1) is 0 Å². The molecule has 0 saturated carbocycles. The Bertz CT molecular complexity index is 1440. The van der Waals surface area contributed by atoms with Crippen LogP contribution >= 0.6 is 0 Å². The van der Waals surface area contributed by atoms with E-state index in [0.29, 0.717) is 34.1 Å². The number of nitrogens with one attached hydrogen (secondary N) is 6. The van der Waals surface area contributed by atoms with Gasteiger partial charge < -0.3 is 31.9 Å². The summed E-state index contributed by atoms with van der Waals surface area (Å²) >= 11 is 0. The van der Waals surface area contributed by atoms with Crippen LogP contribution in [0, 0.1) is 0 Å². The largest absolute Gasteiger partial charge is 0.375 e. The van der Waals surface area contributed by atoms with Crippen molar-refractivity contribution in [3.63, 3.8) is 0 Å². The third-order valence-corrected chi connectivity index (χ3v) is 5.73. The van der Waals surface area contributed by atoms with Gasteiger partial charge in [-0.3, -0.25) is 28.8 Å². The lowest BCUT2D eigenvalue weighted by atomic mass is 10.0. The minimum atomic E-state index is -0.429. The lowest BCUT2D eigenvalue weighted by molar-refractivity contribution is 0.620. The average molecular weight is 673 g/mol. The molecule has 0 saturated heterocycles. The van der Waals surface area contributed by atoms with Crippen LogP contribution in [0.4, 0.5) is 34.1 Å². The number of anilines is 6. The minimum Gasteiger partial charge on any atom is -0.375 e. The highest BCUT2D eigenvalue weighted by molar-refractivity contribution is 5.76. The van der Waals surface area contributed by atoms with E-state index in [1.807, 2.05) is 125 Å². The smallest absolute Gasteiger partial charge is 0.253 e. The van der Waals surface area contributed by atoms with E-state index in [-0.39, 0.29) is 33.2 Å². The molecular weight excluding hydrogens is 612 g/mol. The van der Waals surface area contributed by atoms with Crippen LogP contribution < -0.4 is 64.5 Å². The molecule has 6 N–H and O–H groups in total. The lowest BCUT2D eigenvalue weighted by Gasteiger charge is -2.28. The number of rotatable bonds is 6. The maximum absolute atomic E-state index is 11.4. The van der Waals surface area contributed by atoms with Gasteiger partial charge in [0.25, 0.3) is 32.6 Å². The van der Waals surface area contributed by atoms with E-state index in [2.05, 4.69) is 31.9 Å². The lowest BCUT2D eigenvalue weighted by Crippen LogP contribution is -2.44. The summed E-state index contributed by atoms with van der Waals surface area (Å²) in [6, 6.07) is 0. The van der Waals surface area contributed by atoms with Crippen molar-refractivity contribution < 1.29 is 0 Å². The van der Waals surface area contributed by atoms with Crippen molar-refractivity contribution in [1.82, 2.24) is 0 Å². The maximum Gasteiger partial charge on any atom is 0.253 e. The van der Waals surface area contributed by atoms with Gasteiger partial charge in [0.05, 0.1) is 0 Å². The summed E-state index contributed by atoms with van der Waals surface area (Å²) < 4.78 is 0. The summed E-state index contributed by atoms with van der Waals surface area (Å²) in [6.07, 6.45) is 0. The molecular formula is C36H60N6O6. The van der Waals surface area contributed by atoms with Crippen molar-refractivity contribution in [3.05, 3.63) is 61.3 Å². The van der Waals surface area contributed by atoms with Crippen LogP contribution in [-0.2, 0) is 0 Å². The van der Waals surface area contributed by atoms with E-state index in [4.69, 9.17) is 0 Å². The van der Waals surface area contributed by atoms with Crippen LogP contribution in [0.3, 0.4) is 0 Å². The van der Waals surface area contributed by atoms with Gasteiger partial charge in [-0.25, -0.2) is 0 Å². The molecule has 3 aromatic carbocycles. The Balaban J connectivity index is 0.000000360. The highest BCUT2D eigenvalue weighted by Crippen LogP contribution is 2.24. The zero-order chi connectivity index (χ0) is 38.2. The van der Waals surface area contributed by atoms with Gasteiger partial charge in [0.15, 0.2) is 0 Å². The summed E-state index contributed by atoms with van der Waals surface area (Å²) in [6.45, 7) is 35.1. The van der Waals surface area contributed by atoms with Crippen molar-refractivity contribution in [1.29, 1.82) is 0 Å². The van der Waals surface area contributed by atoms with Crippen molar-refractivity contribution >= 4 is 34.1 Å². The molecule has 0 spiro atoms. The Labute approximate surface area is 285 Å². The van der Waals surface area contributed by atoms with Crippen molar-refractivity contribution in [3.8, 4) is 0 Å². The molecule has 12 nitrogen and oxygen atoms in total. The molecule has 0 fully saturated rings. The fourth-order valence-electron chi connectivity index (χ4n) is 4.14. The zero-order valence-corrected chi connectivity index (χ0v) is 32.4. The molecule has 0 aliphatic carbocycles. The van der Waals surface area contributed by atoms with E-state index in [9.17, 15) is 28.8 Å². The second kappa shape index (κ2) is 13.9. The molecule has 12 heteroatoms. The van der Waals surface area contributed by atoms with Gasteiger partial charge in [0.1, 0.15) is 34.1 Å². The predicted molar refractivity (Wildman–Crippen MR) is 204 cm³/mol. The summed E-state index contributed by atoms with van der Waals surface area (Å²) in [7, 11) is 0. The first-order chi connectivity index (χ1) is 21.0. The molecule has 0 aliphatic heterocycles. The Morgan fingerprint density at radius 2 is 0.312 bits per heavy atom. The Kier molecular flexibility index (Phi) is 12.2. The van der Waals surface area contributed by atoms with Gasteiger partial charge in [0.2, 0.25) is 0 Å². The van der Waals surface area contributed by atoms with Crippen LogP contribution in [0.25, 0.3) is 0 Å². The van der Waals surface area contributed by atoms with E-state index >= 15 is 0 Å². The first kappa shape index (κ1) is 42.1. The molecule has 0 aromatic heterocycles. The molecule has 48 heavy (non-hydrogen) atoms. The van der Waals surface area contributed by atoms with Crippen LogP contribution in [-0.4, -0.2) is 33.2 Å². The fraction of sp³-hybridized carbons (Fsp3) is 0.667. The van der Waals surface area contributed by atoms with E-state index in [1.54, 1.807) is 0 Å². The van der Waals surface area contributed by atoms with Crippen LogP contribution in [0.5, 0.6) is 0 Å². The molecule has 0 heterocycles. The minimum absolute atomic E-state index is 0.226. The average Bonchev–Trinajstić information content (AvgIpc) is 2.87. The quantitative estimate of drug-likeness (QED) is 0.191. The fourth-order valence-corrected chi connectivity index (χ4v) is 4.14. The van der Waals surface area contributed by atoms with Gasteiger partial charge >= 0.3 is 0 Å².